The van der Waals surface area contributed by atoms with E-state index in [9.17, 15) is 4.79 Å². The van der Waals surface area contributed by atoms with Crippen LogP contribution in [-0.4, -0.2) is 29.1 Å². The highest BCUT2D eigenvalue weighted by molar-refractivity contribution is 5.66. The molecular formula is C17H25NO2. The summed E-state index contributed by atoms with van der Waals surface area (Å²) < 4.78 is 0. The smallest absolute Gasteiger partial charge is 0.303 e. The Morgan fingerprint density at radius 3 is 2.80 bits per heavy atom. The highest BCUT2D eigenvalue weighted by Crippen LogP contribution is 2.23. The molecule has 1 aliphatic heterocycles. The van der Waals surface area contributed by atoms with Gasteiger partial charge >= 0.3 is 5.97 Å². The quantitative estimate of drug-likeness (QED) is 0.865. The minimum Gasteiger partial charge on any atom is -0.481 e. The van der Waals surface area contributed by atoms with E-state index in [-0.39, 0.29) is 0 Å². The molecule has 20 heavy (non-hydrogen) atoms. The number of carboxylic acids is 1. The second kappa shape index (κ2) is 7.44. The van der Waals surface area contributed by atoms with E-state index in [1.165, 1.54) is 24.0 Å². The van der Waals surface area contributed by atoms with Gasteiger partial charge in [-0.3, -0.25) is 9.69 Å². The van der Waals surface area contributed by atoms with Crippen LogP contribution in [0, 0.1) is 5.92 Å². The van der Waals surface area contributed by atoms with Gasteiger partial charge in [0, 0.05) is 19.5 Å². The Labute approximate surface area is 121 Å². The predicted molar refractivity (Wildman–Crippen MR) is 80.7 cm³/mol. The summed E-state index contributed by atoms with van der Waals surface area (Å²) in [5.74, 6) is -0.118. The minimum atomic E-state index is -0.668. The molecule has 1 atom stereocenters. The third-order valence-corrected chi connectivity index (χ3v) is 4.26. The van der Waals surface area contributed by atoms with Crippen LogP contribution >= 0.6 is 0 Å². The molecule has 3 heteroatoms. The monoisotopic (exact) mass is 275 g/mol. The largest absolute Gasteiger partial charge is 0.481 e. The first-order valence-corrected chi connectivity index (χ1v) is 7.70. The van der Waals surface area contributed by atoms with E-state index in [4.69, 9.17) is 5.11 Å². The second-order valence-electron chi connectivity index (χ2n) is 5.80. The predicted octanol–water partition coefficient (Wildman–Crippen LogP) is 3.33. The van der Waals surface area contributed by atoms with E-state index < -0.39 is 5.97 Å². The molecule has 1 aliphatic rings. The van der Waals surface area contributed by atoms with E-state index in [0.717, 1.165) is 32.5 Å². The van der Waals surface area contributed by atoms with Crippen LogP contribution in [0.25, 0.3) is 0 Å². The van der Waals surface area contributed by atoms with Crippen LogP contribution in [0.3, 0.4) is 0 Å². The van der Waals surface area contributed by atoms with Crippen molar-refractivity contribution >= 4 is 5.97 Å². The molecule has 1 aromatic rings. The van der Waals surface area contributed by atoms with Gasteiger partial charge in [-0.05, 0) is 49.3 Å². The number of carbonyl (C=O) groups is 1. The molecule has 1 heterocycles. The summed E-state index contributed by atoms with van der Waals surface area (Å²) in [6.45, 7) is 5.39. The van der Waals surface area contributed by atoms with Crippen molar-refractivity contribution in [1.29, 1.82) is 0 Å². The molecule has 0 aromatic heterocycles. The number of hydrogen-bond acceptors (Lipinski definition) is 2. The molecular weight excluding hydrogens is 250 g/mol. The van der Waals surface area contributed by atoms with Gasteiger partial charge in [-0.25, -0.2) is 0 Å². The fourth-order valence-electron chi connectivity index (χ4n) is 3.16. The molecule has 0 amide bonds. The lowest BCUT2D eigenvalue weighted by atomic mass is 9.93. The molecule has 0 spiro atoms. The molecule has 2 rings (SSSR count). The topological polar surface area (TPSA) is 40.5 Å². The first-order valence-electron chi connectivity index (χ1n) is 7.70. The Morgan fingerprint density at radius 2 is 2.10 bits per heavy atom. The molecule has 0 bridgehead atoms. The maximum absolute atomic E-state index is 10.7. The van der Waals surface area contributed by atoms with Crippen LogP contribution in [0.15, 0.2) is 24.3 Å². The summed E-state index contributed by atoms with van der Waals surface area (Å²) in [6, 6.07) is 8.65. The van der Waals surface area contributed by atoms with Crippen molar-refractivity contribution in [3.05, 3.63) is 35.4 Å². The Balaban J connectivity index is 1.90. The second-order valence-corrected chi connectivity index (χ2v) is 5.80. The van der Waals surface area contributed by atoms with Gasteiger partial charge in [0.05, 0.1) is 0 Å². The molecule has 3 nitrogen and oxygen atoms in total. The number of aryl methyl sites for hydroxylation is 1. The Kier molecular flexibility index (Phi) is 5.60. The Morgan fingerprint density at radius 1 is 1.35 bits per heavy atom. The van der Waals surface area contributed by atoms with Gasteiger partial charge in [0.15, 0.2) is 0 Å². The molecule has 1 fully saturated rings. The van der Waals surface area contributed by atoms with Crippen molar-refractivity contribution < 1.29 is 9.90 Å². The average molecular weight is 275 g/mol. The number of aliphatic carboxylic acids is 1. The van der Waals surface area contributed by atoms with E-state index in [1.807, 2.05) is 0 Å². The van der Waals surface area contributed by atoms with Gasteiger partial charge in [-0.15, -0.1) is 0 Å². The van der Waals surface area contributed by atoms with Gasteiger partial charge in [0.2, 0.25) is 0 Å². The average Bonchev–Trinajstić information content (AvgIpc) is 2.46. The van der Waals surface area contributed by atoms with Gasteiger partial charge in [0.25, 0.3) is 0 Å². The van der Waals surface area contributed by atoms with E-state index in [0.29, 0.717) is 12.3 Å². The number of likely N-dealkylation sites (tertiary alicyclic amines) is 1. The lowest BCUT2D eigenvalue weighted by molar-refractivity contribution is -0.137. The highest BCUT2D eigenvalue weighted by Gasteiger charge is 2.20. The number of carboxylic acid groups (broad SMARTS) is 1. The van der Waals surface area contributed by atoms with Crippen molar-refractivity contribution in [3.63, 3.8) is 0 Å². The normalized spacial score (nSPS) is 19.9. The molecule has 0 saturated carbocycles. The van der Waals surface area contributed by atoms with E-state index in [2.05, 4.69) is 36.1 Å². The zero-order valence-electron chi connectivity index (χ0n) is 12.3. The summed E-state index contributed by atoms with van der Waals surface area (Å²) in [7, 11) is 0. The zero-order chi connectivity index (χ0) is 14.4. The molecule has 110 valence electrons. The highest BCUT2D eigenvalue weighted by atomic mass is 16.4. The van der Waals surface area contributed by atoms with Crippen molar-refractivity contribution in [2.75, 3.05) is 13.1 Å². The number of hydrogen-bond donors (Lipinski definition) is 1. The van der Waals surface area contributed by atoms with Crippen LogP contribution in [0.2, 0.25) is 0 Å². The molecule has 1 aromatic carbocycles. The summed E-state index contributed by atoms with van der Waals surface area (Å²) in [6.07, 6.45) is 4.58. The lowest BCUT2D eigenvalue weighted by Gasteiger charge is -2.33. The third kappa shape index (κ3) is 4.34. The zero-order valence-corrected chi connectivity index (χ0v) is 12.3. The van der Waals surface area contributed by atoms with Crippen LogP contribution in [-0.2, 0) is 17.8 Å². The summed E-state index contributed by atoms with van der Waals surface area (Å²) >= 11 is 0. The lowest BCUT2D eigenvalue weighted by Crippen LogP contribution is -2.35. The third-order valence-electron chi connectivity index (χ3n) is 4.26. The fourth-order valence-corrected chi connectivity index (χ4v) is 3.16. The van der Waals surface area contributed by atoms with Gasteiger partial charge in [-0.2, -0.15) is 0 Å². The van der Waals surface area contributed by atoms with E-state index >= 15 is 0 Å². The van der Waals surface area contributed by atoms with Gasteiger partial charge < -0.3 is 5.11 Å². The molecule has 0 aliphatic carbocycles. The van der Waals surface area contributed by atoms with Gasteiger partial charge in [-0.1, -0.05) is 31.2 Å². The standard InChI is InChI=1S/C17H25NO2/c1-2-15-7-3-4-8-16(15)13-18-11-5-6-14(12-18)9-10-17(19)20/h3-4,7-8,14H,2,5-6,9-13H2,1H3,(H,19,20). The molecule has 1 N–H and O–H groups in total. The first kappa shape index (κ1) is 15.0. The number of benzene rings is 1. The molecule has 0 radical (unpaired) electrons. The number of piperidine rings is 1. The SMILES string of the molecule is CCc1ccccc1CN1CCCC(CCC(=O)O)C1. The Bertz CT molecular complexity index is 444. The fraction of sp³-hybridized carbons (Fsp3) is 0.588. The van der Waals surface area contributed by atoms with Crippen LogP contribution in [0.4, 0.5) is 0 Å². The van der Waals surface area contributed by atoms with Crippen LogP contribution in [0.5, 0.6) is 0 Å². The number of nitrogens with zero attached hydrogens (tertiary/aromatic N) is 1. The summed E-state index contributed by atoms with van der Waals surface area (Å²) in [5.41, 5.74) is 2.86. The Hall–Kier alpha value is -1.35. The molecule has 1 unspecified atom stereocenters. The van der Waals surface area contributed by atoms with E-state index in [1.54, 1.807) is 0 Å². The first-order chi connectivity index (χ1) is 9.69. The summed E-state index contributed by atoms with van der Waals surface area (Å²) in [5, 5.41) is 8.80. The minimum absolute atomic E-state index is 0.310. The molecule has 1 saturated heterocycles. The van der Waals surface area contributed by atoms with Crippen molar-refractivity contribution in [2.24, 2.45) is 5.92 Å². The summed E-state index contributed by atoms with van der Waals surface area (Å²) in [4.78, 5) is 13.2. The van der Waals surface area contributed by atoms with Crippen LogP contribution < -0.4 is 0 Å². The van der Waals surface area contributed by atoms with Crippen molar-refractivity contribution in [1.82, 2.24) is 4.90 Å². The maximum atomic E-state index is 10.7. The maximum Gasteiger partial charge on any atom is 0.303 e. The van der Waals surface area contributed by atoms with Gasteiger partial charge in [0.1, 0.15) is 0 Å². The number of rotatable bonds is 6. The van der Waals surface area contributed by atoms with Crippen LogP contribution in [0.1, 0.15) is 43.7 Å². The van der Waals surface area contributed by atoms with Crippen molar-refractivity contribution in [3.8, 4) is 0 Å². The van der Waals surface area contributed by atoms with Crippen molar-refractivity contribution in [2.45, 2.75) is 45.6 Å².